The van der Waals surface area contributed by atoms with Gasteiger partial charge in [-0.15, -0.1) is 0 Å². The maximum Gasteiger partial charge on any atom is 0.152 e. The van der Waals surface area contributed by atoms with E-state index in [0.717, 1.165) is 26.3 Å². The molecule has 1 unspecified atom stereocenters. The van der Waals surface area contributed by atoms with Gasteiger partial charge in [0.1, 0.15) is 0 Å². The first kappa shape index (κ1) is 9.12. The molecule has 2 heterocycles. The van der Waals surface area contributed by atoms with Gasteiger partial charge in [-0.05, 0) is 7.05 Å². The van der Waals surface area contributed by atoms with Crippen molar-refractivity contribution in [2.24, 2.45) is 0 Å². The molecule has 1 atom stereocenters. The molecule has 0 spiro atoms. The highest BCUT2D eigenvalue weighted by atomic mass is 16.5. The van der Waals surface area contributed by atoms with Crippen molar-refractivity contribution in [1.82, 2.24) is 10.2 Å². The zero-order valence-corrected chi connectivity index (χ0v) is 7.95. The number of nitrogens with one attached hydrogen (secondary N) is 1. The van der Waals surface area contributed by atoms with Gasteiger partial charge in [0, 0.05) is 19.5 Å². The first-order valence-electron chi connectivity index (χ1n) is 4.81. The van der Waals surface area contributed by atoms with Crippen LogP contribution in [0.2, 0.25) is 0 Å². The van der Waals surface area contributed by atoms with Crippen LogP contribution in [0.1, 0.15) is 6.42 Å². The zero-order valence-electron chi connectivity index (χ0n) is 7.95. The fourth-order valence-electron chi connectivity index (χ4n) is 1.74. The molecule has 1 N–H and O–H groups in total. The van der Waals surface area contributed by atoms with Crippen LogP contribution < -0.4 is 5.32 Å². The molecule has 13 heavy (non-hydrogen) atoms. The third kappa shape index (κ3) is 1.90. The summed E-state index contributed by atoms with van der Waals surface area (Å²) in [6.07, 6.45) is 0.694. The highest BCUT2D eigenvalue weighted by Crippen LogP contribution is 2.10. The van der Waals surface area contributed by atoms with Crippen molar-refractivity contribution < 1.29 is 9.53 Å². The quantitative estimate of drug-likeness (QED) is 0.626. The maximum absolute atomic E-state index is 11.3. The van der Waals surface area contributed by atoms with Crippen molar-refractivity contribution in [1.29, 1.82) is 0 Å². The summed E-state index contributed by atoms with van der Waals surface area (Å²) in [6, 6.07) is 0.584. The van der Waals surface area contributed by atoms with Crippen LogP contribution in [-0.2, 0) is 9.53 Å². The van der Waals surface area contributed by atoms with E-state index in [4.69, 9.17) is 4.74 Å². The summed E-state index contributed by atoms with van der Waals surface area (Å²) in [4.78, 5) is 13.5. The second kappa shape index (κ2) is 3.74. The van der Waals surface area contributed by atoms with E-state index in [1.807, 2.05) is 0 Å². The lowest BCUT2D eigenvalue weighted by molar-refractivity contribution is -0.120. The lowest BCUT2D eigenvalue weighted by atomic mass is 10.1. The molecule has 0 radical (unpaired) electrons. The van der Waals surface area contributed by atoms with Crippen LogP contribution in [0, 0.1) is 0 Å². The Kier molecular flexibility index (Phi) is 2.62. The zero-order chi connectivity index (χ0) is 9.26. The minimum absolute atomic E-state index is 0.0607. The molecule has 4 nitrogen and oxygen atoms in total. The summed E-state index contributed by atoms with van der Waals surface area (Å²) in [7, 11) is 2.06. The van der Waals surface area contributed by atoms with E-state index in [2.05, 4.69) is 17.3 Å². The molecular formula is C9H16N2O2. The Bertz CT molecular complexity index is 204. The lowest BCUT2D eigenvalue weighted by Gasteiger charge is -2.35. The standard InChI is InChI=1S/C9H16N2O2/c1-11(7-5-13-6-7)4-8-9(12)2-3-10-8/h7-8,10H,2-6H2,1H3. The maximum atomic E-state index is 11.3. The minimum atomic E-state index is 0.0607. The van der Waals surface area contributed by atoms with Gasteiger partial charge in [-0.3, -0.25) is 9.69 Å². The predicted octanol–water partition coefficient (Wildman–Crippen LogP) is -0.752. The van der Waals surface area contributed by atoms with Crippen LogP contribution in [0.25, 0.3) is 0 Å². The highest BCUT2D eigenvalue weighted by molar-refractivity contribution is 5.86. The van der Waals surface area contributed by atoms with E-state index in [9.17, 15) is 4.79 Å². The topological polar surface area (TPSA) is 41.6 Å². The van der Waals surface area contributed by atoms with Gasteiger partial charge in [0.05, 0.1) is 25.3 Å². The molecule has 2 aliphatic rings. The SMILES string of the molecule is CN(CC1NCCC1=O)C1COC1. The van der Waals surface area contributed by atoms with Gasteiger partial charge >= 0.3 is 0 Å². The molecule has 0 aliphatic carbocycles. The Hall–Kier alpha value is -0.450. The third-order valence-electron chi connectivity index (χ3n) is 2.87. The molecule has 0 saturated carbocycles. The minimum Gasteiger partial charge on any atom is -0.378 e. The van der Waals surface area contributed by atoms with E-state index in [0.29, 0.717) is 18.2 Å². The molecule has 0 aromatic heterocycles. The summed E-state index contributed by atoms with van der Waals surface area (Å²) >= 11 is 0. The van der Waals surface area contributed by atoms with Crippen molar-refractivity contribution in [3.05, 3.63) is 0 Å². The number of Topliss-reactive ketones (excluding diaryl/α,β-unsaturated/α-hetero) is 1. The summed E-state index contributed by atoms with van der Waals surface area (Å²) in [5, 5.41) is 3.21. The van der Waals surface area contributed by atoms with Crippen molar-refractivity contribution in [2.45, 2.75) is 18.5 Å². The van der Waals surface area contributed by atoms with Crippen LogP contribution in [0.3, 0.4) is 0 Å². The number of hydrogen-bond donors (Lipinski definition) is 1. The molecule has 2 saturated heterocycles. The van der Waals surface area contributed by atoms with Crippen LogP contribution in [0.4, 0.5) is 0 Å². The Morgan fingerprint density at radius 2 is 2.38 bits per heavy atom. The average molecular weight is 184 g/mol. The number of ketones is 1. The van der Waals surface area contributed by atoms with Crippen molar-refractivity contribution in [3.8, 4) is 0 Å². The second-order valence-corrected chi connectivity index (χ2v) is 3.85. The fourth-order valence-corrected chi connectivity index (χ4v) is 1.74. The smallest absolute Gasteiger partial charge is 0.152 e. The number of likely N-dealkylation sites (N-methyl/N-ethyl adjacent to an activating group) is 1. The summed E-state index contributed by atoms with van der Waals surface area (Å²) in [5.74, 6) is 0.354. The molecule has 0 aromatic carbocycles. The molecule has 4 heteroatoms. The molecule has 0 aromatic rings. The highest BCUT2D eigenvalue weighted by Gasteiger charge is 2.29. The Morgan fingerprint density at radius 1 is 1.62 bits per heavy atom. The largest absolute Gasteiger partial charge is 0.378 e. The van der Waals surface area contributed by atoms with Crippen molar-refractivity contribution in [3.63, 3.8) is 0 Å². The van der Waals surface area contributed by atoms with E-state index in [1.165, 1.54) is 0 Å². The first-order chi connectivity index (χ1) is 6.27. The fraction of sp³-hybridized carbons (Fsp3) is 0.889. The van der Waals surface area contributed by atoms with Gasteiger partial charge < -0.3 is 10.1 Å². The normalized spacial score (nSPS) is 29.7. The molecule has 0 amide bonds. The predicted molar refractivity (Wildman–Crippen MR) is 48.7 cm³/mol. The van der Waals surface area contributed by atoms with Gasteiger partial charge in [0.2, 0.25) is 0 Å². The number of hydrogen-bond acceptors (Lipinski definition) is 4. The molecule has 2 rings (SSSR count). The molecule has 2 aliphatic heterocycles. The van der Waals surface area contributed by atoms with Crippen molar-refractivity contribution in [2.75, 3.05) is 33.4 Å². The number of carbonyl (C=O) groups excluding carboxylic acids is 1. The Balaban J connectivity index is 1.79. The van der Waals surface area contributed by atoms with E-state index in [1.54, 1.807) is 0 Å². The second-order valence-electron chi connectivity index (χ2n) is 3.85. The van der Waals surface area contributed by atoms with Crippen LogP contribution in [-0.4, -0.2) is 56.1 Å². The van der Waals surface area contributed by atoms with Crippen LogP contribution >= 0.6 is 0 Å². The number of carbonyl (C=O) groups is 1. The Labute approximate surface area is 78.2 Å². The Morgan fingerprint density at radius 3 is 2.85 bits per heavy atom. The number of ether oxygens (including phenoxy) is 1. The van der Waals surface area contributed by atoms with Crippen LogP contribution in [0.5, 0.6) is 0 Å². The van der Waals surface area contributed by atoms with Gasteiger partial charge in [-0.25, -0.2) is 0 Å². The molecule has 2 fully saturated rings. The van der Waals surface area contributed by atoms with Crippen molar-refractivity contribution >= 4 is 5.78 Å². The van der Waals surface area contributed by atoms with E-state index < -0.39 is 0 Å². The van der Waals surface area contributed by atoms with E-state index >= 15 is 0 Å². The van der Waals surface area contributed by atoms with Gasteiger partial charge in [0.25, 0.3) is 0 Å². The number of nitrogens with zero attached hydrogens (tertiary/aromatic N) is 1. The summed E-state index contributed by atoms with van der Waals surface area (Å²) < 4.78 is 5.10. The third-order valence-corrected chi connectivity index (χ3v) is 2.87. The molecular weight excluding hydrogens is 168 g/mol. The van der Waals surface area contributed by atoms with E-state index in [-0.39, 0.29) is 6.04 Å². The number of rotatable bonds is 3. The lowest BCUT2D eigenvalue weighted by Crippen LogP contribution is -2.51. The first-order valence-corrected chi connectivity index (χ1v) is 4.81. The van der Waals surface area contributed by atoms with Crippen LogP contribution in [0.15, 0.2) is 0 Å². The monoisotopic (exact) mass is 184 g/mol. The molecule has 74 valence electrons. The summed E-state index contributed by atoms with van der Waals surface area (Å²) in [6.45, 7) is 3.31. The van der Waals surface area contributed by atoms with Gasteiger partial charge in [0.15, 0.2) is 5.78 Å². The average Bonchev–Trinajstić information content (AvgIpc) is 2.32. The van der Waals surface area contributed by atoms with Gasteiger partial charge in [-0.1, -0.05) is 0 Å². The summed E-state index contributed by atoms with van der Waals surface area (Å²) in [5.41, 5.74) is 0. The molecule has 0 bridgehead atoms. The van der Waals surface area contributed by atoms with Gasteiger partial charge in [-0.2, -0.15) is 0 Å².